The van der Waals surface area contributed by atoms with Crippen molar-refractivity contribution in [2.45, 2.75) is 31.5 Å². The number of amides is 1. The van der Waals surface area contributed by atoms with Gasteiger partial charge in [-0.15, -0.1) is 0 Å². The van der Waals surface area contributed by atoms with Crippen molar-refractivity contribution in [3.8, 4) is 22.9 Å². The molecule has 2 aliphatic heterocycles. The molecule has 2 aromatic carbocycles. The molecule has 5 rings (SSSR count). The Kier molecular flexibility index (Phi) is 5.96. The third-order valence-corrected chi connectivity index (χ3v) is 6.64. The van der Waals surface area contributed by atoms with Crippen molar-refractivity contribution < 1.29 is 23.7 Å². The molecule has 2 aliphatic rings. The lowest BCUT2D eigenvalue weighted by Gasteiger charge is -2.45. The van der Waals surface area contributed by atoms with E-state index in [1.807, 2.05) is 30.0 Å². The van der Waals surface area contributed by atoms with Crippen molar-refractivity contribution in [1.82, 2.24) is 9.47 Å². The first kappa shape index (κ1) is 22.3. The molecule has 0 aliphatic carbocycles. The van der Waals surface area contributed by atoms with E-state index in [-0.39, 0.29) is 12.0 Å². The van der Waals surface area contributed by atoms with Gasteiger partial charge in [-0.05, 0) is 49.4 Å². The molecule has 1 atom stereocenters. The van der Waals surface area contributed by atoms with E-state index in [0.717, 1.165) is 30.0 Å². The van der Waals surface area contributed by atoms with E-state index in [9.17, 15) is 4.79 Å². The minimum Gasteiger partial charge on any atom is -0.493 e. The van der Waals surface area contributed by atoms with Crippen molar-refractivity contribution in [3.63, 3.8) is 0 Å². The summed E-state index contributed by atoms with van der Waals surface area (Å²) in [7, 11) is 3.21. The third kappa shape index (κ3) is 3.90. The molecule has 1 amide bonds. The van der Waals surface area contributed by atoms with Crippen LogP contribution in [-0.2, 0) is 10.3 Å². The molecule has 0 unspecified atom stereocenters. The van der Waals surface area contributed by atoms with E-state index in [1.54, 1.807) is 32.4 Å². The molecular weight excluding hydrogens is 432 g/mol. The summed E-state index contributed by atoms with van der Waals surface area (Å²) in [4.78, 5) is 15.2. The van der Waals surface area contributed by atoms with Crippen LogP contribution in [0.5, 0.6) is 17.2 Å². The zero-order chi connectivity index (χ0) is 23.7. The van der Waals surface area contributed by atoms with E-state index >= 15 is 0 Å². The zero-order valence-corrected chi connectivity index (χ0v) is 19.8. The molecule has 0 saturated carbocycles. The normalized spacial score (nSPS) is 16.9. The summed E-state index contributed by atoms with van der Waals surface area (Å²) in [6.07, 6.45) is 3.41. The number of benzene rings is 2. The molecule has 0 N–H and O–H groups in total. The monoisotopic (exact) mass is 462 g/mol. The van der Waals surface area contributed by atoms with Crippen LogP contribution in [0.25, 0.3) is 5.69 Å². The molecule has 3 aromatic rings. The van der Waals surface area contributed by atoms with E-state index in [0.29, 0.717) is 36.8 Å². The summed E-state index contributed by atoms with van der Waals surface area (Å²) in [5.41, 5.74) is 2.35. The Morgan fingerprint density at radius 2 is 1.85 bits per heavy atom. The minimum absolute atomic E-state index is 0.0174. The smallest absolute Gasteiger partial charge is 0.253 e. The fourth-order valence-electron chi connectivity index (χ4n) is 4.96. The lowest BCUT2D eigenvalue weighted by Crippen LogP contribution is -2.50. The Morgan fingerprint density at radius 3 is 2.62 bits per heavy atom. The summed E-state index contributed by atoms with van der Waals surface area (Å²) in [5.74, 6) is 1.99. The molecule has 7 heteroatoms. The maximum absolute atomic E-state index is 13.3. The molecule has 34 heavy (non-hydrogen) atoms. The molecule has 1 aromatic heterocycles. The Bertz CT molecular complexity index is 1180. The van der Waals surface area contributed by atoms with Crippen molar-refractivity contribution >= 4 is 5.91 Å². The fraction of sp³-hybridized carbons (Fsp3) is 0.370. The van der Waals surface area contributed by atoms with Crippen LogP contribution < -0.4 is 14.2 Å². The van der Waals surface area contributed by atoms with E-state index in [1.165, 1.54) is 0 Å². The first-order chi connectivity index (χ1) is 16.5. The minimum atomic E-state index is -0.429. The van der Waals surface area contributed by atoms with Crippen LogP contribution in [0.3, 0.4) is 0 Å². The van der Waals surface area contributed by atoms with E-state index in [4.69, 9.17) is 18.9 Å². The largest absolute Gasteiger partial charge is 0.493 e. The molecule has 1 saturated heterocycles. The van der Waals surface area contributed by atoms with Gasteiger partial charge >= 0.3 is 0 Å². The van der Waals surface area contributed by atoms with Gasteiger partial charge in [0.25, 0.3) is 5.91 Å². The number of carbonyl (C=O) groups excluding carboxylic acids is 1. The van der Waals surface area contributed by atoms with Gasteiger partial charge in [-0.25, -0.2) is 0 Å². The summed E-state index contributed by atoms with van der Waals surface area (Å²) in [6, 6.07) is 17.6. The number of ether oxygens (including phenoxy) is 4. The highest BCUT2D eigenvalue weighted by Crippen LogP contribution is 2.45. The summed E-state index contributed by atoms with van der Waals surface area (Å²) in [6.45, 7) is 3.61. The quantitative estimate of drug-likeness (QED) is 0.543. The number of rotatable bonds is 6. The number of fused-ring (bicyclic) bond motifs is 4. The Hall–Kier alpha value is -3.45. The van der Waals surface area contributed by atoms with Gasteiger partial charge in [-0.2, -0.15) is 0 Å². The number of methoxy groups -OCH3 is 2. The highest BCUT2D eigenvalue weighted by Gasteiger charge is 2.44. The first-order valence-electron chi connectivity index (χ1n) is 11.6. The Balaban J connectivity index is 1.32. The predicted molar refractivity (Wildman–Crippen MR) is 128 cm³/mol. The standard InChI is InChI=1S/C27H30N2O5/c1-19(18-31-2)33-23-11-10-20(17-24(23)32-3)26(30)28-15-12-27(13-16-28)25-9-6-14-29(25)21-7-4-5-8-22(21)34-27/h4-11,14,17,19H,12-13,15-16,18H2,1-3H3/t19-/m0/s1. The molecule has 1 spiro atoms. The number of aromatic nitrogens is 1. The van der Waals surface area contributed by atoms with Gasteiger partial charge in [0.05, 0.1) is 25.1 Å². The fourth-order valence-corrected chi connectivity index (χ4v) is 4.96. The number of likely N-dealkylation sites (tertiary alicyclic amines) is 1. The molecule has 3 heterocycles. The number of carbonyl (C=O) groups is 1. The van der Waals surface area contributed by atoms with Gasteiger partial charge in [0.1, 0.15) is 11.9 Å². The maximum atomic E-state index is 13.3. The zero-order valence-electron chi connectivity index (χ0n) is 19.8. The molecular formula is C27H30N2O5. The summed E-state index contributed by atoms with van der Waals surface area (Å²) < 4.78 is 25.3. The number of nitrogens with zero attached hydrogens (tertiary/aromatic N) is 2. The van der Waals surface area contributed by atoms with Crippen molar-refractivity contribution in [3.05, 3.63) is 72.1 Å². The third-order valence-electron chi connectivity index (χ3n) is 6.64. The summed E-state index contributed by atoms with van der Waals surface area (Å²) >= 11 is 0. The van der Waals surface area contributed by atoms with Gasteiger partial charge in [-0.1, -0.05) is 12.1 Å². The van der Waals surface area contributed by atoms with Crippen LogP contribution in [0.15, 0.2) is 60.8 Å². The first-order valence-corrected chi connectivity index (χ1v) is 11.6. The Labute approximate surface area is 199 Å². The second-order valence-corrected chi connectivity index (χ2v) is 8.87. The molecule has 0 radical (unpaired) electrons. The van der Waals surface area contributed by atoms with Gasteiger partial charge in [0, 0.05) is 44.8 Å². The van der Waals surface area contributed by atoms with Crippen LogP contribution in [0.1, 0.15) is 35.8 Å². The molecule has 178 valence electrons. The maximum Gasteiger partial charge on any atom is 0.253 e. The lowest BCUT2D eigenvalue weighted by molar-refractivity contribution is -0.00931. The SMILES string of the molecule is COC[C@H](C)Oc1ccc(C(=O)N2CCC3(CC2)Oc2ccccc2-n2cccc23)cc1OC. The van der Waals surface area contributed by atoms with Gasteiger partial charge in [-0.3, -0.25) is 4.79 Å². The average molecular weight is 463 g/mol. The predicted octanol–water partition coefficient (Wildman–Crippen LogP) is 4.42. The van der Waals surface area contributed by atoms with Crippen LogP contribution in [-0.4, -0.2) is 55.4 Å². The van der Waals surface area contributed by atoms with E-state index in [2.05, 4.69) is 29.0 Å². The van der Waals surface area contributed by atoms with Crippen LogP contribution >= 0.6 is 0 Å². The number of hydrogen-bond donors (Lipinski definition) is 0. The van der Waals surface area contributed by atoms with Gasteiger partial charge in [0.15, 0.2) is 17.1 Å². The van der Waals surface area contributed by atoms with Gasteiger partial charge in [0.2, 0.25) is 0 Å². The lowest BCUT2D eigenvalue weighted by atomic mass is 9.86. The second-order valence-electron chi connectivity index (χ2n) is 8.87. The van der Waals surface area contributed by atoms with Crippen molar-refractivity contribution in [2.24, 2.45) is 0 Å². The van der Waals surface area contributed by atoms with Crippen molar-refractivity contribution in [2.75, 3.05) is 33.9 Å². The van der Waals surface area contributed by atoms with Crippen LogP contribution in [0, 0.1) is 0 Å². The highest BCUT2D eigenvalue weighted by atomic mass is 16.5. The van der Waals surface area contributed by atoms with E-state index < -0.39 is 5.60 Å². The number of hydrogen-bond acceptors (Lipinski definition) is 5. The van der Waals surface area contributed by atoms with Crippen LogP contribution in [0.2, 0.25) is 0 Å². The average Bonchev–Trinajstić information content (AvgIpc) is 3.36. The van der Waals surface area contributed by atoms with Crippen LogP contribution in [0.4, 0.5) is 0 Å². The van der Waals surface area contributed by atoms with Gasteiger partial charge < -0.3 is 28.4 Å². The van der Waals surface area contributed by atoms with Crippen molar-refractivity contribution in [1.29, 1.82) is 0 Å². The highest BCUT2D eigenvalue weighted by molar-refractivity contribution is 5.95. The number of piperidine rings is 1. The molecule has 7 nitrogen and oxygen atoms in total. The topological polar surface area (TPSA) is 62.2 Å². The molecule has 1 fully saturated rings. The molecule has 0 bridgehead atoms. The number of para-hydroxylation sites is 2. The second kappa shape index (κ2) is 9.06. The Morgan fingerprint density at radius 1 is 1.06 bits per heavy atom. The summed E-state index contributed by atoms with van der Waals surface area (Å²) in [5, 5.41) is 0.